The topological polar surface area (TPSA) is 50.7 Å². The minimum Gasteiger partial charge on any atom is -0.351 e. The summed E-state index contributed by atoms with van der Waals surface area (Å²) in [4.78, 5) is 11.7. The maximum atomic E-state index is 5.69. The molecule has 2 unspecified atom stereocenters. The molecule has 0 spiro atoms. The molecule has 0 saturated heterocycles. The smallest absolute Gasteiger partial charge is 0.228 e. The van der Waals surface area contributed by atoms with E-state index in [2.05, 4.69) is 27.2 Å². The Morgan fingerprint density at radius 2 is 1.80 bits per heavy atom. The lowest BCUT2D eigenvalue weighted by molar-refractivity contribution is 0.553. The third-order valence-electron chi connectivity index (χ3n) is 2.76. The molecule has 4 nitrogen and oxygen atoms in total. The van der Waals surface area contributed by atoms with Gasteiger partial charge in [0.25, 0.3) is 0 Å². The molecule has 0 radical (unpaired) electrons. The molecule has 1 aliphatic carbocycles. The number of nitrogens with zero attached hydrogens (tertiary/aromatic N) is 3. The highest BCUT2D eigenvalue weighted by atomic mass is 35.5. The Morgan fingerprint density at radius 1 is 1.13 bits per heavy atom. The summed E-state index contributed by atoms with van der Waals surface area (Å²) in [6.07, 6.45) is 3.62. The van der Waals surface area contributed by atoms with E-state index >= 15 is 0 Å². The Hall–Kier alpha value is -0.610. The lowest BCUT2D eigenvalue weighted by Gasteiger charge is -2.16. The molecule has 82 valence electrons. The lowest BCUT2D eigenvalue weighted by Crippen LogP contribution is -2.23. The van der Waals surface area contributed by atoms with Crippen LogP contribution in [0.15, 0.2) is 0 Å². The SMILES string of the molecule is CC1CCCC1Nc1nc(Cl)nc(Cl)n1. The van der Waals surface area contributed by atoms with Gasteiger partial charge in [-0.2, -0.15) is 15.0 Å². The van der Waals surface area contributed by atoms with Crippen molar-refractivity contribution in [2.45, 2.75) is 32.2 Å². The van der Waals surface area contributed by atoms with Crippen molar-refractivity contribution in [3.05, 3.63) is 10.6 Å². The number of hydrogen-bond acceptors (Lipinski definition) is 4. The summed E-state index contributed by atoms with van der Waals surface area (Å²) in [6, 6.07) is 0.416. The van der Waals surface area contributed by atoms with Gasteiger partial charge in [-0.05, 0) is 42.0 Å². The average molecular weight is 247 g/mol. The molecule has 0 amide bonds. The van der Waals surface area contributed by atoms with Gasteiger partial charge in [0.15, 0.2) is 0 Å². The van der Waals surface area contributed by atoms with Crippen LogP contribution in [0.5, 0.6) is 0 Å². The van der Waals surface area contributed by atoms with Crippen molar-refractivity contribution >= 4 is 29.2 Å². The molecule has 1 N–H and O–H groups in total. The summed E-state index contributed by atoms with van der Waals surface area (Å²) < 4.78 is 0. The van der Waals surface area contributed by atoms with Crippen molar-refractivity contribution in [3.63, 3.8) is 0 Å². The van der Waals surface area contributed by atoms with Crippen molar-refractivity contribution in [2.75, 3.05) is 5.32 Å². The summed E-state index contributed by atoms with van der Waals surface area (Å²) in [5.74, 6) is 1.11. The van der Waals surface area contributed by atoms with Crippen LogP contribution in [0.25, 0.3) is 0 Å². The first-order valence-electron chi connectivity index (χ1n) is 4.99. The van der Waals surface area contributed by atoms with E-state index in [-0.39, 0.29) is 10.6 Å². The van der Waals surface area contributed by atoms with Crippen LogP contribution in [0.4, 0.5) is 5.95 Å². The van der Waals surface area contributed by atoms with Gasteiger partial charge in [-0.15, -0.1) is 0 Å². The van der Waals surface area contributed by atoms with Crippen LogP contribution >= 0.6 is 23.2 Å². The number of hydrogen-bond donors (Lipinski definition) is 1. The Labute approximate surface area is 98.4 Å². The highest BCUT2D eigenvalue weighted by Crippen LogP contribution is 2.27. The lowest BCUT2D eigenvalue weighted by atomic mass is 10.1. The van der Waals surface area contributed by atoms with Gasteiger partial charge in [0, 0.05) is 6.04 Å². The summed E-state index contributed by atoms with van der Waals surface area (Å²) in [7, 11) is 0. The fraction of sp³-hybridized carbons (Fsp3) is 0.667. The molecule has 0 aromatic carbocycles. The summed E-state index contributed by atoms with van der Waals surface area (Å²) >= 11 is 11.4. The predicted molar refractivity (Wildman–Crippen MR) is 60.3 cm³/mol. The number of rotatable bonds is 2. The molecule has 1 aliphatic rings. The summed E-state index contributed by atoms with van der Waals surface area (Å²) in [5.41, 5.74) is 0. The van der Waals surface area contributed by atoms with Crippen LogP contribution < -0.4 is 5.32 Å². The molecule has 1 fully saturated rings. The van der Waals surface area contributed by atoms with Crippen molar-refractivity contribution in [1.82, 2.24) is 15.0 Å². The molecule has 1 aromatic rings. The fourth-order valence-corrected chi connectivity index (χ4v) is 2.28. The third-order valence-corrected chi connectivity index (χ3v) is 3.09. The van der Waals surface area contributed by atoms with Crippen LogP contribution in [-0.2, 0) is 0 Å². The molecule has 1 aromatic heterocycles. The standard InChI is InChI=1S/C9H12Cl2N4/c1-5-3-2-4-6(5)12-9-14-7(10)13-8(11)15-9/h5-6H,2-4H2,1H3,(H,12,13,14,15). The van der Waals surface area contributed by atoms with Gasteiger partial charge in [0.1, 0.15) is 0 Å². The second-order valence-corrected chi connectivity index (χ2v) is 4.53. The van der Waals surface area contributed by atoms with E-state index in [1.54, 1.807) is 0 Å². The monoisotopic (exact) mass is 246 g/mol. The van der Waals surface area contributed by atoms with Crippen LogP contribution in [0, 0.1) is 5.92 Å². The van der Waals surface area contributed by atoms with Crippen molar-refractivity contribution < 1.29 is 0 Å². The van der Waals surface area contributed by atoms with E-state index in [4.69, 9.17) is 23.2 Å². The van der Waals surface area contributed by atoms with E-state index in [1.165, 1.54) is 12.8 Å². The highest BCUT2D eigenvalue weighted by molar-refractivity contribution is 6.31. The summed E-state index contributed by atoms with van der Waals surface area (Å²) in [5, 5.41) is 3.50. The molecular formula is C9H12Cl2N4. The van der Waals surface area contributed by atoms with Gasteiger partial charge >= 0.3 is 0 Å². The Balaban J connectivity index is 2.10. The zero-order valence-electron chi connectivity index (χ0n) is 8.37. The van der Waals surface area contributed by atoms with Gasteiger partial charge in [-0.25, -0.2) is 0 Å². The number of halogens is 2. The van der Waals surface area contributed by atoms with E-state index in [0.29, 0.717) is 17.9 Å². The van der Waals surface area contributed by atoms with Crippen LogP contribution in [0.3, 0.4) is 0 Å². The normalized spacial score (nSPS) is 25.5. The van der Waals surface area contributed by atoms with E-state index in [0.717, 1.165) is 6.42 Å². The largest absolute Gasteiger partial charge is 0.351 e. The molecule has 2 atom stereocenters. The molecule has 1 heterocycles. The zero-order chi connectivity index (χ0) is 10.8. The Bertz CT molecular complexity index is 338. The Morgan fingerprint density at radius 3 is 2.33 bits per heavy atom. The van der Waals surface area contributed by atoms with Crippen LogP contribution in [-0.4, -0.2) is 21.0 Å². The Kier molecular flexibility index (Phi) is 3.26. The maximum absolute atomic E-state index is 5.69. The zero-order valence-corrected chi connectivity index (χ0v) is 9.89. The minimum atomic E-state index is 0.128. The van der Waals surface area contributed by atoms with Crippen molar-refractivity contribution in [3.8, 4) is 0 Å². The van der Waals surface area contributed by atoms with Gasteiger partial charge in [0.05, 0.1) is 0 Å². The number of anilines is 1. The molecule has 0 bridgehead atoms. The quantitative estimate of drug-likeness (QED) is 0.872. The van der Waals surface area contributed by atoms with Crippen LogP contribution in [0.1, 0.15) is 26.2 Å². The number of nitrogens with one attached hydrogen (secondary N) is 1. The first-order valence-corrected chi connectivity index (χ1v) is 5.74. The van der Waals surface area contributed by atoms with Gasteiger partial charge in [-0.1, -0.05) is 13.3 Å². The molecule has 15 heavy (non-hydrogen) atoms. The molecule has 0 aliphatic heterocycles. The first kappa shape index (κ1) is 10.9. The molecule has 6 heteroatoms. The fourth-order valence-electron chi connectivity index (χ4n) is 1.92. The first-order chi connectivity index (χ1) is 7.15. The molecular weight excluding hydrogens is 235 g/mol. The highest BCUT2D eigenvalue weighted by Gasteiger charge is 2.23. The van der Waals surface area contributed by atoms with E-state index in [9.17, 15) is 0 Å². The maximum Gasteiger partial charge on any atom is 0.228 e. The van der Waals surface area contributed by atoms with E-state index < -0.39 is 0 Å². The minimum absolute atomic E-state index is 0.128. The third kappa shape index (κ3) is 2.69. The predicted octanol–water partition coefficient (Wildman–Crippen LogP) is 2.78. The average Bonchev–Trinajstić information content (AvgIpc) is 2.50. The van der Waals surface area contributed by atoms with Gasteiger partial charge in [0.2, 0.25) is 16.5 Å². The number of aromatic nitrogens is 3. The molecule has 2 rings (SSSR count). The second-order valence-electron chi connectivity index (χ2n) is 3.86. The van der Waals surface area contributed by atoms with Gasteiger partial charge < -0.3 is 5.32 Å². The second kappa shape index (κ2) is 4.49. The van der Waals surface area contributed by atoms with Crippen LogP contribution in [0.2, 0.25) is 10.6 Å². The van der Waals surface area contributed by atoms with E-state index in [1.807, 2.05) is 0 Å². The van der Waals surface area contributed by atoms with Crippen molar-refractivity contribution in [1.29, 1.82) is 0 Å². The van der Waals surface area contributed by atoms with Gasteiger partial charge in [-0.3, -0.25) is 0 Å². The van der Waals surface area contributed by atoms with Crippen molar-refractivity contribution in [2.24, 2.45) is 5.92 Å². The summed E-state index contributed by atoms with van der Waals surface area (Å²) in [6.45, 7) is 2.22. The molecule has 1 saturated carbocycles.